The Kier molecular flexibility index (Phi) is 3.29. The van der Waals surface area contributed by atoms with Gasteiger partial charge in [0, 0.05) is 16.8 Å². The fraction of sp³-hybridized carbons (Fsp3) is 0.0714. The molecule has 0 heterocycles. The molecule has 2 aromatic rings. The number of carbonyl (C=O) groups excluding carboxylic acids is 1. The van der Waals surface area contributed by atoms with Crippen LogP contribution in [-0.2, 0) is 6.18 Å². The second-order valence-electron chi connectivity index (χ2n) is 4.03. The lowest BCUT2D eigenvalue weighted by molar-refractivity contribution is -0.137. The van der Waals surface area contributed by atoms with Crippen LogP contribution in [0, 0.1) is 0 Å². The first-order valence-electron chi connectivity index (χ1n) is 5.45. The summed E-state index contributed by atoms with van der Waals surface area (Å²) >= 11 is 0. The molecule has 19 heavy (non-hydrogen) atoms. The number of nitrogen functional groups attached to an aromatic ring is 1. The summed E-state index contributed by atoms with van der Waals surface area (Å²) in [6, 6.07) is 10.4. The third kappa shape index (κ3) is 2.93. The second-order valence-corrected chi connectivity index (χ2v) is 4.03. The van der Waals surface area contributed by atoms with E-state index >= 15 is 0 Å². The van der Waals surface area contributed by atoms with Crippen molar-refractivity contribution in [3.63, 3.8) is 0 Å². The zero-order valence-electron chi connectivity index (χ0n) is 9.74. The quantitative estimate of drug-likeness (QED) is 0.667. The summed E-state index contributed by atoms with van der Waals surface area (Å²) in [5.74, 6) is -0.467. The minimum atomic E-state index is -4.46. The maximum absolute atomic E-state index is 12.6. The summed E-state index contributed by atoms with van der Waals surface area (Å²) < 4.78 is 37.7. The molecule has 0 spiro atoms. The Morgan fingerprint density at radius 3 is 2.16 bits per heavy atom. The predicted octanol–water partition coefficient (Wildman–Crippen LogP) is 3.52. The minimum absolute atomic E-state index is 0.000374. The van der Waals surface area contributed by atoms with E-state index in [0.717, 1.165) is 12.1 Å². The molecular formula is C14H10F3NO. The molecule has 0 aliphatic heterocycles. The predicted molar refractivity (Wildman–Crippen MR) is 65.7 cm³/mol. The van der Waals surface area contributed by atoms with Crippen LogP contribution < -0.4 is 5.73 Å². The van der Waals surface area contributed by atoms with Gasteiger partial charge in [-0.2, -0.15) is 13.2 Å². The zero-order valence-corrected chi connectivity index (χ0v) is 9.74. The standard InChI is InChI=1S/C14H10F3NO/c15-14(16,17)11-3-1-2-10(8-11)13(19)9-4-6-12(18)7-5-9/h1-8H,18H2. The van der Waals surface area contributed by atoms with Crippen LogP contribution in [0.15, 0.2) is 48.5 Å². The van der Waals surface area contributed by atoms with Gasteiger partial charge in [0.2, 0.25) is 0 Å². The van der Waals surface area contributed by atoms with Crippen LogP contribution in [0.1, 0.15) is 21.5 Å². The SMILES string of the molecule is Nc1ccc(C(=O)c2cccc(C(F)(F)F)c2)cc1. The smallest absolute Gasteiger partial charge is 0.399 e. The van der Waals surface area contributed by atoms with Crippen LogP contribution in [0.4, 0.5) is 18.9 Å². The topological polar surface area (TPSA) is 43.1 Å². The van der Waals surface area contributed by atoms with Crippen LogP contribution >= 0.6 is 0 Å². The summed E-state index contributed by atoms with van der Waals surface area (Å²) in [6.07, 6.45) is -4.46. The first-order chi connectivity index (χ1) is 8.88. The lowest BCUT2D eigenvalue weighted by Crippen LogP contribution is -2.08. The molecule has 0 aromatic heterocycles. The molecule has 0 saturated carbocycles. The van der Waals surface area contributed by atoms with Gasteiger partial charge in [-0.05, 0) is 36.4 Å². The van der Waals surface area contributed by atoms with Gasteiger partial charge in [0.25, 0.3) is 0 Å². The van der Waals surface area contributed by atoms with Crippen LogP contribution in [0.5, 0.6) is 0 Å². The number of nitrogens with two attached hydrogens (primary N) is 1. The number of benzene rings is 2. The van der Waals surface area contributed by atoms with Crippen LogP contribution in [-0.4, -0.2) is 5.78 Å². The van der Waals surface area contributed by atoms with E-state index in [4.69, 9.17) is 5.73 Å². The molecule has 0 amide bonds. The number of ketones is 1. The molecule has 0 bridgehead atoms. The van der Waals surface area contributed by atoms with Gasteiger partial charge in [0.15, 0.2) is 5.78 Å². The highest BCUT2D eigenvalue weighted by Gasteiger charge is 2.30. The summed E-state index contributed by atoms with van der Waals surface area (Å²) in [7, 11) is 0. The van der Waals surface area contributed by atoms with Gasteiger partial charge >= 0.3 is 6.18 Å². The largest absolute Gasteiger partial charge is 0.416 e. The van der Waals surface area contributed by atoms with Gasteiger partial charge in [-0.25, -0.2) is 0 Å². The molecule has 0 saturated heterocycles. The number of rotatable bonds is 2. The third-order valence-corrected chi connectivity index (χ3v) is 2.62. The van der Waals surface area contributed by atoms with E-state index in [1.807, 2.05) is 0 Å². The van der Waals surface area contributed by atoms with Gasteiger partial charge in [-0.3, -0.25) is 4.79 Å². The first kappa shape index (κ1) is 13.1. The Bertz CT molecular complexity index is 603. The van der Waals surface area contributed by atoms with E-state index in [1.54, 1.807) is 0 Å². The van der Waals surface area contributed by atoms with E-state index in [-0.39, 0.29) is 5.56 Å². The van der Waals surface area contributed by atoms with Crippen molar-refractivity contribution in [1.82, 2.24) is 0 Å². The molecule has 98 valence electrons. The van der Waals surface area contributed by atoms with Gasteiger partial charge in [0.1, 0.15) is 0 Å². The minimum Gasteiger partial charge on any atom is -0.399 e. The Morgan fingerprint density at radius 2 is 1.58 bits per heavy atom. The normalized spacial score (nSPS) is 11.3. The van der Waals surface area contributed by atoms with Crippen LogP contribution in [0.25, 0.3) is 0 Å². The molecule has 2 nitrogen and oxygen atoms in total. The molecule has 2 N–H and O–H groups in total. The molecule has 0 aliphatic rings. The van der Waals surface area contributed by atoms with Crippen molar-refractivity contribution in [2.45, 2.75) is 6.18 Å². The number of carbonyl (C=O) groups is 1. The van der Waals surface area contributed by atoms with E-state index in [9.17, 15) is 18.0 Å². The van der Waals surface area contributed by atoms with Crippen molar-refractivity contribution in [1.29, 1.82) is 0 Å². The van der Waals surface area contributed by atoms with Crippen molar-refractivity contribution in [3.8, 4) is 0 Å². The fourth-order valence-electron chi connectivity index (χ4n) is 1.64. The second kappa shape index (κ2) is 4.76. The molecule has 2 rings (SSSR count). The van der Waals surface area contributed by atoms with Crippen molar-refractivity contribution in [3.05, 3.63) is 65.2 Å². The average molecular weight is 265 g/mol. The number of anilines is 1. The maximum Gasteiger partial charge on any atom is 0.416 e. The number of hydrogen-bond donors (Lipinski definition) is 1. The molecule has 2 aromatic carbocycles. The lowest BCUT2D eigenvalue weighted by Gasteiger charge is -2.08. The highest BCUT2D eigenvalue weighted by Crippen LogP contribution is 2.30. The molecule has 0 radical (unpaired) electrons. The van der Waals surface area contributed by atoms with Gasteiger partial charge in [0.05, 0.1) is 5.56 Å². The van der Waals surface area contributed by atoms with Crippen LogP contribution in [0.2, 0.25) is 0 Å². The first-order valence-corrected chi connectivity index (χ1v) is 5.45. The fourth-order valence-corrected chi connectivity index (χ4v) is 1.64. The maximum atomic E-state index is 12.6. The summed E-state index contributed by atoms with van der Waals surface area (Å²) in [5.41, 5.74) is 5.43. The Hall–Kier alpha value is -2.30. The summed E-state index contributed by atoms with van der Waals surface area (Å²) in [5, 5.41) is 0. The number of halogens is 3. The molecule has 0 atom stereocenters. The molecular weight excluding hydrogens is 255 g/mol. The highest BCUT2D eigenvalue weighted by atomic mass is 19.4. The molecule has 0 unspecified atom stereocenters. The zero-order chi connectivity index (χ0) is 14.0. The number of hydrogen-bond acceptors (Lipinski definition) is 2. The van der Waals surface area contributed by atoms with Gasteiger partial charge < -0.3 is 5.73 Å². The van der Waals surface area contributed by atoms with Crippen molar-refractivity contribution >= 4 is 11.5 Å². The Morgan fingerprint density at radius 1 is 0.947 bits per heavy atom. The van der Waals surface area contributed by atoms with Gasteiger partial charge in [-0.15, -0.1) is 0 Å². The van der Waals surface area contributed by atoms with Gasteiger partial charge in [-0.1, -0.05) is 12.1 Å². The number of alkyl halides is 3. The lowest BCUT2D eigenvalue weighted by atomic mass is 10.0. The molecule has 0 fully saturated rings. The Balaban J connectivity index is 2.37. The molecule has 0 aliphatic carbocycles. The third-order valence-electron chi connectivity index (χ3n) is 2.62. The van der Waals surface area contributed by atoms with E-state index in [2.05, 4.69) is 0 Å². The van der Waals surface area contributed by atoms with E-state index in [1.165, 1.54) is 36.4 Å². The monoisotopic (exact) mass is 265 g/mol. The van der Waals surface area contributed by atoms with Crippen molar-refractivity contribution in [2.24, 2.45) is 0 Å². The summed E-state index contributed by atoms with van der Waals surface area (Å²) in [6.45, 7) is 0. The average Bonchev–Trinajstić information content (AvgIpc) is 2.38. The van der Waals surface area contributed by atoms with Crippen molar-refractivity contribution < 1.29 is 18.0 Å². The highest BCUT2D eigenvalue weighted by molar-refractivity contribution is 6.09. The van der Waals surface area contributed by atoms with E-state index < -0.39 is 17.5 Å². The van der Waals surface area contributed by atoms with Crippen LogP contribution in [0.3, 0.4) is 0 Å². The molecule has 5 heteroatoms. The summed E-state index contributed by atoms with van der Waals surface area (Å²) in [4.78, 5) is 12.0. The Labute approximate surface area is 107 Å². The van der Waals surface area contributed by atoms with E-state index in [0.29, 0.717) is 11.3 Å². The van der Waals surface area contributed by atoms with Crippen molar-refractivity contribution in [2.75, 3.05) is 5.73 Å².